The number of hydrogen-bond donors (Lipinski definition) is 1. The molecular weight excluding hydrogens is 517 g/mol. The molecule has 1 N–H and O–H groups in total. The van der Waals surface area contributed by atoms with Gasteiger partial charge in [0, 0.05) is 36.0 Å². The van der Waals surface area contributed by atoms with Crippen LogP contribution in [-0.2, 0) is 27.6 Å². The average Bonchev–Trinajstić information content (AvgIpc) is 3.11. The van der Waals surface area contributed by atoms with Crippen molar-refractivity contribution in [3.05, 3.63) is 87.8 Å². The lowest BCUT2D eigenvalue weighted by Gasteiger charge is -2.25. The Hall–Kier alpha value is -2.99. The highest BCUT2D eigenvalue weighted by Gasteiger charge is 2.29. The van der Waals surface area contributed by atoms with E-state index in [0.717, 1.165) is 47.6 Å². The summed E-state index contributed by atoms with van der Waals surface area (Å²) in [5.41, 5.74) is 3.02. The molecule has 2 heterocycles. The molecule has 1 atom stereocenters. The summed E-state index contributed by atoms with van der Waals surface area (Å²) in [7, 11) is -3.82. The highest BCUT2D eigenvalue weighted by Crippen LogP contribution is 2.37. The van der Waals surface area contributed by atoms with Crippen molar-refractivity contribution in [3.63, 3.8) is 0 Å². The maximum atomic E-state index is 15.0. The fraction of sp³-hybridized carbons (Fsp3) is 0.370. The summed E-state index contributed by atoms with van der Waals surface area (Å²) in [5, 5.41) is 7.28. The molecule has 2 aromatic carbocycles. The molecule has 1 aliphatic carbocycles. The van der Waals surface area contributed by atoms with Crippen LogP contribution in [0.5, 0.6) is 0 Å². The first-order chi connectivity index (χ1) is 18.3. The third-order valence-corrected chi connectivity index (χ3v) is 7.88. The van der Waals surface area contributed by atoms with E-state index in [2.05, 4.69) is 9.93 Å². The molecule has 5 rings (SSSR count). The zero-order valence-electron chi connectivity index (χ0n) is 20.7. The van der Waals surface area contributed by atoms with E-state index in [4.69, 9.17) is 4.74 Å². The third kappa shape index (κ3) is 6.17. The second-order valence-electron chi connectivity index (χ2n) is 9.57. The molecule has 0 bridgehead atoms. The number of benzene rings is 2. The van der Waals surface area contributed by atoms with Gasteiger partial charge in [-0.2, -0.15) is 5.10 Å². The van der Waals surface area contributed by atoms with E-state index in [1.54, 1.807) is 17.1 Å². The quantitative estimate of drug-likeness (QED) is 0.443. The minimum atomic E-state index is -3.82. The Labute approximate surface area is 219 Å². The summed E-state index contributed by atoms with van der Waals surface area (Å²) in [4.78, 5) is 2.53. The summed E-state index contributed by atoms with van der Waals surface area (Å²) in [6.07, 6.45) is 5.19. The van der Waals surface area contributed by atoms with Gasteiger partial charge in [-0.25, -0.2) is 31.3 Å². The molecule has 0 spiro atoms. The summed E-state index contributed by atoms with van der Waals surface area (Å²) < 4.78 is 74.5. The van der Waals surface area contributed by atoms with E-state index in [0.29, 0.717) is 44.8 Å². The van der Waals surface area contributed by atoms with Crippen LogP contribution in [-0.4, -0.2) is 49.5 Å². The van der Waals surface area contributed by atoms with Gasteiger partial charge in [0.05, 0.1) is 24.6 Å². The van der Waals surface area contributed by atoms with Crippen LogP contribution >= 0.6 is 0 Å². The molecule has 2 aliphatic rings. The predicted molar refractivity (Wildman–Crippen MR) is 137 cm³/mol. The molecule has 202 valence electrons. The van der Waals surface area contributed by atoms with Gasteiger partial charge in [-0.05, 0) is 61.6 Å². The summed E-state index contributed by atoms with van der Waals surface area (Å²) in [6, 6.07) is 9.58. The number of ether oxygens (including phenoxy) is 1. The van der Waals surface area contributed by atoms with Crippen molar-refractivity contribution in [2.75, 3.05) is 26.3 Å². The van der Waals surface area contributed by atoms with Gasteiger partial charge in [0.2, 0.25) is 10.0 Å². The van der Waals surface area contributed by atoms with E-state index in [1.165, 1.54) is 35.0 Å². The monoisotopic (exact) mass is 546 g/mol. The van der Waals surface area contributed by atoms with E-state index >= 15 is 0 Å². The standard InChI is InChI=1S/C27H29F3N4O3S/c28-21-7-5-19(6-8-21)17-20-3-1-2-4-23-25(11-16-38(35,36)32-33-12-14-37-15-13-33)31-34(27(20)23)26-10-9-22(29)18-24(26)30/h5-11,16,18,20,32H,1-4,12-15,17H2. The first kappa shape index (κ1) is 26.6. The Balaban J connectivity index is 1.55. The molecule has 0 amide bonds. The maximum Gasteiger partial charge on any atom is 0.246 e. The van der Waals surface area contributed by atoms with Crippen LogP contribution in [0.2, 0.25) is 0 Å². The number of nitrogens with zero attached hydrogens (tertiary/aromatic N) is 3. The summed E-state index contributed by atoms with van der Waals surface area (Å²) in [6.45, 7) is 1.74. The van der Waals surface area contributed by atoms with E-state index in [1.807, 2.05) is 0 Å². The van der Waals surface area contributed by atoms with Crippen LogP contribution in [0.1, 0.15) is 47.7 Å². The van der Waals surface area contributed by atoms with Gasteiger partial charge < -0.3 is 4.74 Å². The topological polar surface area (TPSA) is 76.5 Å². The van der Waals surface area contributed by atoms with Crippen molar-refractivity contribution in [3.8, 4) is 5.69 Å². The maximum absolute atomic E-state index is 15.0. The van der Waals surface area contributed by atoms with Crippen LogP contribution in [0.15, 0.2) is 47.9 Å². The fourth-order valence-corrected chi connectivity index (χ4v) is 5.99. The molecule has 3 aromatic rings. The number of nitrogens with one attached hydrogen (secondary N) is 1. The lowest BCUT2D eigenvalue weighted by atomic mass is 9.91. The SMILES string of the molecule is O=S(=O)(C=Cc1nn(-c2ccc(F)cc2F)c2c1CCCCC2Cc1ccc(F)cc1)NN1CCOCC1. The third-order valence-electron chi connectivity index (χ3n) is 6.88. The van der Waals surface area contributed by atoms with Crippen LogP contribution < -0.4 is 4.83 Å². The molecule has 7 nitrogen and oxygen atoms in total. The van der Waals surface area contributed by atoms with Gasteiger partial charge in [0.15, 0.2) is 5.82 Å². The first-order valence-corrected chi connectivity index (χ1v) is 14.2. The van der Waals surface area contributed by atoms with Crippen LogP contribution in [0.25, 0.3) is 11.8 Å². The summed E-state index contributed by atoms with van der Waals surface area (Å²) in [5.74, 6) is -1.88. The van der Waals surface area contributed by atoms with Crippen molar-refractivity contribution in [2.45, 2.75) is 38.0 Å². The summed E-state index contributed by atoms with van der Waals surface area (Å²) >= 11 is 0. The fourth-order valence-electron chi connectivity index (χ4n) is 5.08. The predicted octanol–water partition coefficient (Wildman–Crippen LogP) is 4.48. The molecule has 1 fully saturated rings. The number of hydrogen-bond acceptors (Lipinski definition) is 5. The molecule has 1 saturated heterocycles. The highest BCUT2D eigenvalue weighted by atomic mass is 32.2. The van der Waals surface area contributed by atoms with Crippen LogP contribution in [0, 0.1) is 17.5 Å². The minimum Gasteiger partial charge on any atom is -0.379 e. The number of sulfonamides is 1. The van der Waals surface area contributed by atoms with Gasteiger partial charge in [-0.1, -0.05) is 18.6 Å². The lowest BCUT2D eigenvalue weighted by molar-refractivity contribution is 0.0274. The van der Waals surface area contributed by atoms with Gasteiger partial charge in [0.25, 0.3) is 0 Å². The van der Waals surface area contributed by atoms with E-state index < -0.39 is 21.7 Å². The smallest absolute Gasteiger partial charge is 0.246 e. The van der Waals surface area contributed by atoms with Crippen molar-refractivity contribution < 1.29 is 26.3 Å². The average molecular weight is 547 g/mol. The molecule has 1 unspecified atom stereocenters. The first-order valence-electron chi connectivity index (χ1n) is 12.6. The molecule has 11 heteroatoms. The second kappa shape index (κ2) is 11.4. The molecular formula is C27H29F3N4O3S. The van der Waals surface area contributed by atoms with E-state index in [-0.39, 0.29) is 17.4 Å². The molecule has 1 aromatic heterocycles. The van der Waals surface area contributed by atoms with Crippen molar-refractivity contribution in [1.29, 1.82) is 0 Å². The minimum absolute atomic E-state index is 0.0832. The molecule has 0 radical (unpaired) electrons. The Kier molecular flexibility index (Phi) is 7.98. The Morgan fingerprint density at radius 2 is 1.76 bits per heavy atom. The number of halogens is 3. The van der Waals surface area contributed by atoms with Crippen molar-refractivity contribution in [1.82, 2.24) is 19.6 Å². The largest absolute Gasteiger partial charge is 0.379 e. The van der Waals surface area contributed by atoms with E-state index in [9.17, 15) is 21.6 Å². The zero-order valence-corrected chi connectivity index (χ0v) is 21.6. The van der Waals surface area contributed by atoms with Crippen molar-refractivity contribution >= 4 is 16.1 Å². The Bertz CT molecular complexity index is 1420. The molecule has 38 heavy (non-hydrogen) atoms. The number of hydrazine groups is 1. The van der Waals surface area contributed by atoms with Crippen molar-refractivity contribution in [2.24, 2.45) is 0 Å². The second-order valence-corrected chi connectivity index (χ2v) is 11.1. The zero-order chi connectivity index (χ0) is 26.7. The van der Waals surface area contributed by atoms with Gasteiger partial charge >= 0.3 is 0 Å². The molecule has 1 aliphatic heterocycles. The van der Waals surface area contributed by atoms with Crippen LogP contribution in [0.4, 0.5) is 13.2 Å². The Morgan fingerprint density at radius 1 is 1.03 bits per heavy atom. The highest BCUT2D eigenvalue weighted by molar-refractivity contribution is 7.92. The molecule has 0 saturated carbocycles. The normalized spacial score (nSPS) is 19.0. The number of rotatable bonds is 7. The van der Waals surface area contributed by atoms with Gasteiger partial charge in [-0.3, -0.25) is 0 Å². The Morgan fingerprint density at radius 3 is 2.50 bits per heavy atom. The lowest BCUT2D eigenvalue weighted by Crippen LogP contribution is -2.47. The van der Waals surface area contributed by atoms with Gasteiger partial charge in [-0.15, -0.1) is 4.83 Å². The number of morpholine rings is 1. The van der Waals surface area contributed by atoms with Crippen LogP contribution in [0.3, 0.4) is 0 Å². The van der Waals surface area contributed by atoms with Gasteiger partial charge in [0.1, 0.15) is 17.3 Å². The number of fused-ring (bicyclic) bond motifs is 1. The number of aromatic nitrogens is 2.